The van der Waals surface area contributed by atoms with Crippen molar-refractivity contribution in [3.8, 4) is 11.5 Å². The molecule has 0 atom stereocenters. The molecular weight excluding hydrogens is 318 g/mol. The van der Waals surface area contributed by atoms with Crippen LogP contribution in [0.5, 0.6) is 11.5 Å². The van der Waals surface area contributed by atoms with Crippen LogP contribution < -0.4 is 19.9 Å². The number of benzene rings is 2. The third kappa shape index (κ3) is 3.07. The van der Waals surface area contributed by atoms with Crippen LogP contribution in [-0.2, 0) is 16.8 Å². The summed E-state index contributed by atoms with van der Waals surface area (Å²) in [5.41, 5.74) is 7.41. The van der Waals surface area contributed by atoms with E-state index in [2.05, 4.69) is 9.12 Å². The van der Waals surface area contributed by atoms with Crippen molar-refractivity contribution in [1.29, 1.82) is 0 Å². The van der Waals surface area contributed by atoms with Crippen molar-refractivity contribution in [1.82, 2.24) is 0 Å². The van der Waals surface area contributed by atoms with E-state index in [0.717, 1.165) is 5.56 Å². The Morgan fingerprint density at radius 1 is 1.13 bits per heavy atom. The lowest BCUT2D eigenvalue weighted by Gasteiger charge is -2.19. The van der Waals surface area contributed by atoms with E-state index in [1.165, 1.54) is 0 Å². The van der Waals surface area contributed by atoms with Crippen molar-refractivity contribution in [3.05, 3.63) is 53.6 Å². The molecule has 0 amide bonds. The van der Waals surface area contributed by atoms with Gasteiger partial charge in [0.05, 0.1) is 18.4 Å². The topological polar surface area (TPSA) is 103 Å². The van der Waals surface area contributed by atoms with Gasteiger partial charge in [0, 0.05) is 5.56 Å². The zero-order chi connectivity index (χ0) is 16.4. The van der Waals surface area contributed by atoms with Crippen LogP contribution in [0.2, 0.25) is 0 Å². The van der Waals surface area contributed by atoms with E-state index in [4.69, 9.17) is 15.2 Å². The summed E-state index contributed by atoms with van der Waals surface area (Å²) in [7, 11) is -2.22. The molecule has 3 N–H and O–H groups in total. The van der Waals surface area contributed by atoms with Crippen LogP contribution in [0.4, 0.5) is 5.69 Å². The van der Waals surface area contributed by atoms with Crippen LogP contribution in [0, 0.1) is 0 Å². The van der Waals surface area contributed by atoms with Gasteiger partial charge in [-0.2, -0.15) is 8.42 Å². The molecule has 0 aromatic heterocycles. The highest BCUT2D eigenvalue weighted by Crippen LogP contribution is 2.31. The van der Waals surface area contributed by atoms with Gasteiger partial charge in [0.15, 0.2) is 5.84 Å². The zero-order valence-electron chi connectivity index (χ0n) is 12.3. The van der Waals surface area contributed by atoms with Gasteiger partial charge in [-0.15, -0.1) is 4.40 Å². The van der Waals surface area contributed by atoms with E-state index in [0.29, 0.717) is 22.7 Å². The predicted molar refractivity (Wildman–Crippen MR) is 87.0 cm³/mol. The number of nitrogens with two attached hydrogens (primary N) is 1. The Kier molecular flexibility index (Phi) is 3.83. The van der Waals surface area contributed by atoms with E-state index < -0.39 is 10.2 Å². The number of ether oxygens (including phenoxy) is 2. The quantitative estimate of drug-likeness (QED) is 0.885. The van der Waals surface area contributed by atoms with Gasteiger partial charge in [-0.25, -0.2) is 0 Å². The first-order chi connectivity index (χ1) is 11.0. The van der Waals surface area contributed by atoms with E-state index >= 15 is 0 Å². The molecule has 0 saturated heterocycles. The minimum atomic E-state index is -3.80. The lowest BCUT2D eigenvalue weighted by molar-refractivity contribution is 0.296. The van der Waals surface area contributed by atoms with Gasteiger partial charge in [-0.1, -0.05) is 24.3 Å². The molecule has 0 saturated carbocycles. The SMILES string of the molecule is COc1ccccc1COc1cccc2c1C(N)=NS(=O)(=O)N2. The first-order valence-corrected chi connectivity index (χ1v) is 8.20. The number of hydrogen-bond acceptors (Lipinski definition) is 5. The molecule has 0 unspecified atom stereocenters. The fourth-order valence-electron chi connectivity index (χ4n) is 2.32. The molecule has 3 rings (SSSR count). The minimum absolute atomic E-state index is 0.102. The van der Waals surface area contributed by atoms with Crippen LogP contribution >= 0.6 is 0 Å². The lowest BCUT2D eigenvalue weighted by atomic mass is 10.1. The molecule has 23 heavy (non-hydrogen) atoms. The number of rotatable bonds is 4. The van der Waals surface area contributed by atoms with Crippen molar-refractivity contribution in [2.45, 2.75) is 6.61 Å². The first-order valence-electron chi connectivity index (χ1n) is 6.76. The predicted octanol–water partition coefficient (Wildman–Crippen LogP) is 1.65. The van der Waals surface area contributed by atoms with E-state index in [-0.39, 0.29) is 12.4 Å². The highest BCUT2D eigenvalue weighted by molar-refractivity contribution is 7.91. The number of nitrogens with zero attached hydrogens (tertiary/aromatic N) is 1. The maximum Gasteiger partial charge on any atom is 0.344 e. The smallest absolute Gasteiger partial charge is 0.344 e. The Labute approximate surface area is 133 Å². The standard InChI is InChI=1S/C15H15N3O4S/c1-21-12-7-3-2-5-10(12)9-22-13-8-4-6-11-14(13)15(16)18-23(19,20)17-11/h2-8,17H,9H2,1H3,(H2,16,18). The summed E-state index contributed by atoms with van der Waals surface area (Å²) in [6, 6.07) is 12.5. The van der Waals surface area contributed by atoms with Crippen LogP contribution in [-0.4, -0.2) is 21.4 Å². The monoisotopic (exact) mass is 333 g/mol. The number of nitrogens with one attached hydrogen (secondary N) is 1. The summed E-state index contributed by atoms with van der Waals surface area (Å²) in [5, 5.41) is 0. The van der Waals surface area contributed by atoms with Crippen LogP contribution in [0.25, 0.3) is 0 Å². The van der Waals surface area contributed by atoms with Gasteiger partial charge >= 0.3 is 10.2 Å². The maximum atomic E-state index is 11.6. The normalized spacial score (nSPS) is 15.1. The Morgan fingerprint density at radius 3 is 2.65 bits per heavy atom. The van der Waals surface area contributed by atoms with Gasteiger partial charge in [0.2, 0.25) is 0 Å². The molecule has 0 aliphatic carbocycles. The van der Waals surface area contributed by atoms with Gasteiger partial charge in [-0.05, 0) is 18.2 Å². The fraction of sp³-hybridized carbons (Fsp3) is 0.133. The first kappa shape index (κ1) is 15.2. The molecule has 0 spiro atoms. The molecule has 1 heterocycles. The van der Waals surface area contributed by atoms with E-state index in [1.54, 1.807) is 25.3 Å². The molecule has 1 aliphatic heterocycles. The number of hydrogen-bond donors (Lipinski definition) is 2. The molecule has 0 radical (unpaired) electrons. The Balaban J connectivity index is 1.91. The molecule has 2 aromatic carbocycles. The van der Waals surface area contributed by atoms with Gasteiger partial charge in [-0.3, -0.25) is 4.72 Å². The number of para-hydroxylation sites is 1. The number of amidine groups is 1. The molecule has 2 aromatic rings. The Morgan fingerprint density at radius 2 is 1.87 bits per heavy atom. The maximum absolute atomic E-state index is 11.6. The average Bonchev–Trinajstić information content (AvgIpc) is 2.51. The second kappa shape index (κ2) is 5.81. The summed E-state index contributed by atoms with van der Waals surface area (Å²) in [6.07, 6.45) is 0. The summed E-state index contributed by atoms with van der Waals surface area (Å²) >= 11 is 0. The fourth-order valence-corrected chi connectivity index (χ4v) is 3.16. The van der Waals surface area contributed by atoms with Crippen molar-refractivity contribution in [2.24, 2.45) is 10.1 Å². The Hall–Kier alpha value is -2.74. The molecule has 7 nitrogen and oxygen atoms in total. The highest BCUT2D eigenvalue weighted by atomic mass is 32.2. The molecule has 1 aliphatic rings. The summed E-state index contributed by atoms with van der Waals surface area (Å²) in [6.45, 7) is 0.250. The lowest BCUT2D eigenvalue weighted by Crippen LogP contribution is -2.26. The van der Waals surface area contributed by atoms with Crippen LogP contribution in [0.3, 0.4) is 0 Å². The van der Waals surface area contributed by atoms with E-state index in [1.807, 2.05) is 24.3 Å². The van der Waals surface area contributed by atoms with Crippen LogP contribution in [0.1, 0.15) is 11.1 Å². The zero-order valence-corrected chi connectivity index (χ0v) is 13.1. The largest absolute Gasteiger partial charge is 0.496 e. The van der Waals surface area contributed by atoms with Gasteiger partial charge < -0.3 is 15.2 Å². The van der Waals surface area contributed by atoms with Crippen molar-refractivity contribution in [3.63, 3.8) is 0 Å². The molecular formula is C15H15N3O4S. The molecule has 0 bridgehead atoms. The third-order valence-electron chi connectivity index (χ3n) is 3.32. The second-order valence-corrected chi connectivity index (χ2v) is 6.17. The summed E-state index contributed by atoms with van der Waals surface area (Å²) in [4.78, 5) is 0. The molecule has 8 heteroatoms. The van der Waals surface area contributed by atoms with Crippen molar-refractivity contribution >= 4 is 21.7 Å². The summed E-state index contributed by atoms with van der Waals surface area (Å²) < 4.78 is 40.0. The third-order valence-corrected chi connectivity index (χ3v) is 4.23. The summed E-state index contributed by atoms with van der Waals surface area (Å²) in [5.74, 6) is 1.05. The number of anilines is 1. The van der Waals surface area contributed by atoms with Gasteiger partial charge in [0.25, 0.3) is 0 Å². The van der Waals surface area contributed by atoms with Crippen molar-refractivity contribution < 1.29 is 17.9 Å². The Bertz CT molecular complexity index is 878. The molecule has 120 valence electrons. The number of methoxy groups -OCH3 is 1. The second-order valence-electron chi connectivity index (χ2n) is 4.83. The number of fused-ring (bicyclic) bond motifs is 1. The van der Waals surface area contributed by atoms with Crippen molar-refractivity contribution in [2.75, 3.05) is 11.8 Å². The highest BCUT2D eigenvalue weighted by Gasteiger charge is 2.24. The van der Waals surface area contributed by atoms with Gasteiger partial charge in [0.1, 0.15) is 18.1 Å². The van der Waals surface area contributed by atoms with Crippen LogP contribution in [0.15, 0.2) is 46.9 Å². The van der Waals surface area contributed by atoms with E-state index in [9.17, 15) is 8.42 Å². The average molecular weight is 333 g/mol. The minimum Gasteiger partial charge on any atom is -0.496 e. The molecule has 0 fully saturated rings.